The molecular weight excluding hydrogens is 460 g/mol. The van der Waals surface area contributed by atoms with E-state index in [0.29, 0.717) is 0 Å². The van der Waals surface area contributed by atoms with Gasteiger partial charge in [0, 0.05) is 18.4 Å². The van der Waals surface area contributed by atoms with E-state index in [9.17, 15) is 13.2 Å². The molecule has 0 unspecified atom stereocenters. The van der Waals surface area contributed by atoms with Gasteiger partial charge in [0.1, 0.15) is 5.69 Å². The van der Waals surface area contributed by atoms with Gasteiger partial charge in [0.25, 0.3) is 0 Å². The number of benzene rings is 1. The number of hydrogen-bond acceptors (Lipinski definition) is 4. The van der Waals surface area contributed by atoms with Gasteiger partial charge in [0.2, 0.25) is 5.95 Å². The van der Waals surface area contributed by atoms with Crippen molar-refractivity contribution in [2.24, 2.45) is 10.7 Å². The van der Waals surface area contributed by atoms with Crippen LogP contribution in [0.25, 0.3) is 0 Å². The molecule has 0 spiro atoms. The van der Waals surface area contributed by atoms with Crippen molar-refractivity contribution in [3.8, 4) is 0 Å². The number of nitrogens with zero attached hydrogens (tertiary/aromatic N) is 3. The van der Waals surface area contributed by atoms with E-state index in [1.54, 1.807) is 0 Å². The third-order valence-electron chi connectivity index (χ3n) is 3.12. The van der Waals surface area contributed by atoms with Crippen LogP contribution in [0.2, 0.25) is 0 Å². The van der Waals surface area contributed by atoms with Crippen LogP contribution in [0, 0.1) is 13.8 Å². The number of alkyl halides is 3. The van der Waals surface area contributed by atoms with E-state index in [0.717, 1.165) is 29.1 Å². The maximum absolute atomic E-state index is 12.6. The van der Waals surface area contributed by atoms with Crippen molar-refractivity contribution in [3.05, 3.63) is 47.3 Å². The zero-order chi connectivity index (χ0) is 18.4. The van der Waals surface area contributed by atoms with Gasteiger partial charge < -0.3 is 16.4 Å². The lowest BCUT2D eigenvalue weighted by Crippen LogP contribution is -2.24. The second-order valence-electron chi connectivity index (χ2n) is 5.46. The van der Waals surface area contributed by atoms with Crippen LogP contribution >= 0.6 is 24.0 Å². The van der Waals surface area contributed by atoms with Crippen LogP contribution < -0.4 is 16.4 Å². The summed E-state index contributed by atoms with van der Waals surface area (Å²) in [5, 5.41) is 5.65. The predicted octanol–water partition coefficient (Wildman–Crippen LogP) is 3.57. The number of guanidine groups is 1. The molecule has 0 atom stereocenters. The first-order valence-corrected chi connectivity index (χ1v) is 7.53. The zero-order valence-corrected chi connectivity index (χ0v) is 16.6. The molecule has 0 fully saturated rings. The van der Waals surface area contributed by atoms with E-state index in [-0.39, 0.29) is 49.0 Å². The van der Waals surface area contributed by atoms with E-state index in [4.69, 9.17) is 5.73 Å². The summed E-state index contributed by atoms with van der Waals surface area (Å²) >= 11 is 0. The Labute approximate surface area is 166 Å². The highest BCUT2D eigenvalue weighted by atomic mass is 127. The lowest BCUT2D eigenvalue weighted by molar-refractivity contribution is -0.141. The Bertz CT molecular complexity index is 744. The molecule has 10 heteroatoms. The van der Waals surface area contributed by atoms with Crippen LogP contribution in [0.15, 0.2) is 35.5 Å². The fourth-order valence-corrected chi connectivity index (χ4v) is 2.18. The fourth-order valence-electron chi connectivity index (χ4n) is 2.18. The molecule has 142 valence electrons. The number of nitrogens with one attached hydrogen (secondary N) is 2. The van der Waals surface area contributed by atoms with E-state index in [1.807, 2.05) is 32.0 Å². The highest BCUT2D eigenvalue weighted by molar-refractivity contribution is 14.0. The van der Waals surface area contributed by atoms with Gasteiger partial charge in [0.05, 0.1) is 6.54 Å². The predicted molar refractivity (Wildman–Crippen MR) is 107 cm³/mol. The Hall–Kier alpha value is -2.11. The highest BCUT2D eigenvalue weighted by Crippen LogP contribution is 2.27. The summed E-state index contributed by atoms with van der Waals surface area (Å²) in [5.41, 5.74) is 7.82. The topological polar surface area (TPSA) is 88.2 Å². The van der Waals surface area contributed by atoms with Gasteiger partial charge in [-0.1, -0.05) is 6.07 Å². The smallest absolute Gasteiger partial charge is 0.370 e. The molecule has 0 saturated carbocycles. The van der Waals surface area contributed by atoms with E-state index in [2.05, 4.69) is 25.6 Å². The number of aliphatic imine (C=N–C) groups is 1. The standard InChI is InChI=1S/C16H19F3N6.HI/c1-10-7-11(2)9-12(8-10)24-14(20)21-5-6-23-15-22-4-3-13(25-15)16(17,18)19;/h3-4,7-9H,5-6H2,1-2H3,(H3,20,21,24)(H,22,23,25);1H. The van der Waals surface area contributed by atoms with Gasteiger partial charge >= 0.3 is 6.18 Å². The number of hydrogen-bond donors (Lipinski definition) is 3. The quantitative estimate of drug-likeness (QED) is 0.264. The van der Waals surface area contributed by atoms with Crippen molar-refractivity contribution in [1.29, 1.82) is 0 Å². The molecule has 0 aliphatic heterocycles. The Morgan fingerprint density at radius 3 is 2.46 bits per heavy atom. The van der Waals surface area contributed by atoms with Crippen molar-refractivity contribution in [3.63, 3.8) is 0 Å². The molecule has 0 aliphatic rings. The monoisotopic (exact) mass is 480 g/mol. The summed E-state index contributed by atoms with van der Waals surface area (Å²) in [4.78, 5) is 11.3. The summed E-state index contributed by atoms with van der Waals surface area (Å²) in [6, 6.07) is 6.72. The molecule has 1 aromatic heterocycles. The second kappa shape index (κ2) is 9.55. The van der Waals surface area contributed by atoms with Crippen LogP contribution in [0.3, 0.4) is 0 Å². The van der Waals surface area contributed by atoms with E-state index >= 15 is 0 Å². The van der Waals surface area contributed by atoms with Gasteiger partial charge in [-0.05, 0) is 43.2 Å². The number of nitrogens with two attached hydrogens (primary N) is 1. The molecule has 4 N–H and O–H groups in total. The van der Waals surface area contributed by atoms with Crippen LogP contribution in [-0.2, 0) is 6.18 Å². The number of halogens is 4. The molecule has 0 bridgehead atoms. The Morgan fingerprint density at radius 1 is 1.19 bits per heavy atom. The highest BCUT2D eigenvalue weighted by Gasteiger charge is 2.32. The van der Waals surface area contributed by atoms with Crippen molar-refractivity contribution in [2.45, 2.75) is 20.0 Å². The van der Waals surface area contributed by atoms with Crippen molar-refractivity contribution >= 4 is 41.6 Å². The lowest BCUT2D eigenvalue weighted by Gasteiger charge is -2.09. The maximum Gasteiger partial charge on any atom is 0.433 e. The maximum atomic E-state index is 12.6. The molecule has 1 aromatic carbocycles. The minimum absolute atomic E-state index is 0. The van der Waals surface area contributed by atoms with Crippen LogP contribution in [0.5, 0.6) is 0 Å². The van der Waals surface area contributed by atoms with Gasteiger partial charge in [-0.15, -0.1) is 24.0 Å². The van der Waals surface area contributed by atoms with Gasteiger partial charge in [-0.25, -0.2) is 9.97 Å². The molecule has 0 radical (unpaired) electrons. The van der Waals surface area contributed by atoms with Gasteiger partial charge in [0.15, 0.2) is 5.96 Å². The fraction of sp³-hybridized carbons (Fsp3) is 0.312. The van der Waals surface area contributed by atoms with Gasteiger partial charge in [-0.2, -0.15) is 13.2 Å². The largest absolute Gasteiger partial charge is 0.433 e. The average Bonchev–Trinajstić information content (AvgIpc) is 2.50. The molecule has 6 nitrogen and oxygen atoms in total. The molecule has 2 aromatic rings. The SMILES string of the molecule is Cc1cc(C)cc(NC(N)=NCCNc2nccc(C(F)(F)F)n2)c1.I. The normalized spacial score (nSPS) is 11.7. The first-order valence-electron chi connectivity index (χ1n) is 7.53. The summed E-state index contributed by atoms with van der Waals surface area (Å²) in [5.74, 6) is 0.114. The van der Waals surface area contributed by atoms with E-state index < -0.39 is 11.9 Å². The van der Waals surface area contributed by atoms with Gasteiger partial charge in [-0.3, -0.25) is 4.99 Å². The summed E-state index contributed by atoms with van der Waals surface area (Å²) in [6.07, 6.45) is -3.45. The first kappa shape index (κ1) is 21.9. The molecule has 26 heavy (non-hydrogen) atoms. The molecule has 0 amide bonds. The summed E-state index contributed by atoms with van der Waals surface area (Å²) in [7, 11) is 0. The summed E-state index contributed by atoms with van der Waals surface area (Å²) in [6.45, 7) is 4.45. The Kier molecular flexibility index (Phi) is 8.06. The summed E-state index contributed by atoms with van der Waals surface area (Å²) < 4.78 is 37.7. The molecule has 0 saturated heterocycles. The van der Waals surface area contributed by atoms with Crippen molar-refractivity contribution in [2.75, 3.05) is 23.7 Å². The second-order valence-corrected chi connectivity index (χ2v) is 5.46. The molecule has 1 heterocycles. The first-order chi connectivity index (χ1) is 11.7. The number of anilines is 2. The van der Waals surface area contributed by atoms with Crippen LogP contribution in [0.4, 0.5) is 24.8 Å². The number of rotatable bonds is 5. The van der Waals surface area contributed by atoms with E-state index in [1.165, 1.54) is 0 Å². The van der Waals surface area contributed by atoms with Crippen LogP contribution in [-0.4, -0.2) is 29.0 Å². The number of aromatic nitrogens is 2. The Morgan fingerprint density at radius 2 is 1.85 bits per heavy atom. The van der Waals surface area contributed by atoms with Crippen molar-refractivity contribution in [1.82, 2.24) is 9.97 Å². The average molecular weight is 480 g/mol. The molecule has 0 aliphatic carbocycles. The molecule has 2 rings (SSSR count). The third kappa shape index (κ3) is 7.02. The zero-order valence-electron chi connectivity index (χ0n) is 14.3. The number of aryl methyl sites for hydroxylation is 2. The van der Waals surface area contributed by atoms with Crippen molar-refractivity contribution < 1.29 is 13.2 Å². The minimum atomic E-state index is -4.50. The lowest BCUT2D eigenvalue weighted by atomic mass is 10.1. The van der Waals surface area contributed by atoms with Crippen LogP contribution in [0.1, 0.15) is 16.8 Å². The minimum Gasteiger partial charge on any atom is -0.370 e. The Balaban J connectivity index is 0.00000338. The third-order valence-corrected chi connectivity index (χ3v) is 3.12. The molecular formula is C16H20F3IN6.